The van der Waals surface area contributed by atoms with E-state index < -0.39 is 12.0 Å². The van der Waals surface area contributed by atoms with Gasteiger partial charge in [0, 0.05) is 33.2 Å². The van der Waals surface area contributed by atoms with Gasteiger partial charge in [0.25, 0.3) is 0 Å². The number of nitrogen functional groups attached to an aromatic ring is 1. The Balaban J connectivity index is 1.47. The number of thiophene rings is 1. The SMILES string of the molecule is COC(=O)c1cccc(NC(=O)Nc2ccc(-c3csc4ccnc(N)c34)cc2)c1. The maximum Gasteiger partial charge on any atom is 0.337 e. The number of pyridine rings is 1. The molecule has 30 heavy (non-hydrogen) atoms. The van der Waals surface area contributed by atoms with Crippen LogP contribution in [-0.2, 0) is 4.74 Å². The van der Waals surface area contributed by atoms with E-state index in [0.717, 1.165) is 21.2 Å². The Morgan fingerprint density at radius 2 is 1.80 bits per heavy atom. The number of nitrogens with one attached hydrogen (secondary N) is 2. The highest BCUT2D eigenvalue weighted by Crippen LogP contribution is 2.36. The van der Waals surface area contributed by atoms with Crippen LogP contribution >= 0.6 is 11.3 Å². The van der Waals surface area contributed by atoms with Crippen LogP contribution in [0.4, 0.5) is 22.0 Å². The highest BCUT2D eigenvalue weighted by atomic mass is 32.1. The average Bonchev–Trinajstić information content (AvgIpc) is 3.19. The lowest BCUT2D eigenvalue weighted by molar-refractivity contribution is 0.0600. The van der Waals surface area contributed by atoms with E-state index in [-0.39, 0.29) is 0 Å². The molecule has 0 unspecified atom stereocenters. The highest BCUT2D eigenvalue weighted by molar-refractivity contribution is 7.17. The van der Waals surface area contributed by atoms with Crippen molar-refractivity contribution in [2.45, 2.75) is 0 Å². The molecule has 0 aliphatic rings. The van der Waals surface area contributed by atoms with Crippen molar-refractivity contribution < 1.29 is 14.3 Å². The van der Waals surface area contributed by atoms with E-state index in [1.807, 2.05) is 35.7 Å². The van der Waals surface area contributed by atoms with Crippen LogP contribution in [0, 0.1) is 0 Å². The molecule has 2 heterocycles. The zero-order valence-corrected chi connectivity index (χ0v) is 16.8. The van der Waals surface area contributed by atoms with Crippen molar-refractivity contribution in [3.63, 3.8) is 0 Å². The summed E-state index contributed by atoms with van der Waals surface area (Å²) in [6.07, 6.45) is 1.70. The van der Waals surface area contributed by atoms with Crippen molar-refractivity contribution in [3.8, 4) is 11.1 Å². The van der Waals surface area contributed by atoms with Crippen LogP contribution in [0.25, 0.3) is 21.2 Å². The van der Waals surface area contributed by atoms with Crippen LogP contribution < -0.4 is 16.4 Å². The number of hydrogen-bond donors (Lipinski definition) is 3. The molecule has 4 aromatic rings. The Bertz CT molecular complexity index is 1230. The molecular weight excluding hydrogens is 400 g/mol. The van der Waals surface area contributed by atoms with Crippen molar-refractivity contribution >= 4 is 50.6 Å². The molecule has 0 radical (unpaired) electrons. The van der Waals surface area contributed by atoms with Gasteiger partial charge in [-0.2, -0.15) is 0 Å². The van der Waals surface area contributed by atoms with Gasteiger partial charge in [0.15, 0.2) is 0 Å². The number of amides is 2. The second-order valence-electron chi connectivity index (χ2n) is 6.45. The molecule has 2 aromatic carbocycles. The fourth-order valence-corrected chi connectivity index (χ4v) is 4.06. The van der Waals surface area contributed by atoms with Crippen LogP contribution in [0.2, 0.25) is 0 Å². The van der Waals surface area contributed by atoms with E-state index in [1.165, 1.54) is 7.11 Å². The number of nitrogens with two attached hydrogens (primary N) is 1. The number of carbonyl (C=O) groups excluding carboxylic acids is 2. The first kappa shape index (κ1) is 19.4. The minimum absolute atomic E-state index is 0.358. The van der Waals surface area contributed by atoms with Gasteiger partial charge in [0.2, 0.25) is 0 Å². The van der Waals surface area contributed by atoms with Crippen LogP contribution in [0.15, 0.2) is 66.2 Å². The smallest absolute Gasteiger partial charge is 0.337 e. The molecular formula is C22H18N4O3S. The Labute approximate surface area is 176 Å². The predicted octanol–water partition coefficient (Wildman–Crippen LogP) is 4.98. The van der Waals surface area contributed by atoms with E-state index in [0.29, 0.717) is 22.8 Å². The largest absolute Gasteiger partial charge is 0.465 e. The van der Waals surface area contributed by atoms with Gasteiger partial charge < -0.3 is 21.1 Å². The fourth-order valence-electron chi connectivity index (χ4n) is 3.09. The number of ether oxygens (including phenoxy) is 1. The molecule has 0 atom stereocenters. The minimum Gasteiger partial charge on any atom is -0.465 e. The molecule has 150 valence electrons. The average molecular weight is 418 g/mol. The first-order valence-corrected chi connectivity index (χ1v) is 9.91. The summed E-state index contributed by atoms with van der Waals surface area (Å²) in [5.41, 5.74) is 9.52. The van der Waals surface area contributed by atoms with E-state index in [2.05, 4.69) is 20.4 Å². The summed E-state index contributed by atoms with van der Waals surface area (Å²) in [5.74, 6) is 0.0333. The summed E-state index contributed by atoms with van der Waals surface area (Å²) in [4.78, 5) is 28.1. The lowest BCUT2D eigenvalue weighted by Gasteiger charge is -2.09. The summed E-state index contributed by atoms with van der Waals surface area (Å²) in [6, 6.07) is 15.5. The molecule has 0 bridgehead atoms. The summed E-state index contributed by atoms with van der Waals surface area (Å²) >= 11 is 1.61. The van der Waals surface area contributed by atoms with E-state index in [1.54, 1.807) is 41.8 Å². The van der Waals surface area contributed by atoms with Gasteiger partial charge in [-0.25, -0.2) is 14.6 Å². The van der Waals surface area contributed by atoms with Gasteiger partial charge in [-0.15, -0.1) is 11.3 Å². The molecule has 0 spiro atoms. The third-order valence-electron chi connectivity index (χ3n) is 4.51. The molecule has 2 amide bonds. The zero-order chi connectivity index (χ0) is 21.1. The monoisotopic (exact) mass is 418 g/mol. The number of nitrogens with zero attached hydrogens (tertiary/aromatic N) is 1. The Morgan fingerprint density at radius 1 is 1.03 bits per heavy atom. The normalized spacial score (nSPS) is 10.6. The molecule has 0 saturated heterocycles. The summed E-state index contributed by atoms with van der Waals surface area (Å²) in [6.45, 7) is 0. The summed E-state index contributed by atoms with van der Waals surface area (Å²) in [7, 11) is 1.31. The predicted molar refractivity (Wildman–Crippen MR) is 120 cm³/mol. The molecule has 2 aromatic heterocycles. The van der Waals surface area contributed by atoms with E-state index in [4.69, 9.17) is 5.73 Å². The fraction of sp³-hybridized carbons (Fsp3) is 0.0455. The first-order valence-electron chi connectivity index (χ1n) is 9.03. The lowest BCUT2D eigenvalue weighted by atomic mass is 10.1. The number of fused-ring (bicyclic) bond motifs is 1. The topological polar surface area (TPSA) is 106 Å². The van der Waals surface area contributed by atoms with Crippen molar-refractivity contribution in [3.05, 3.63) is 71.7 Å². The number of urea groups is 1. The molecule has 7 nitrogen and oxygen atoms in total. The van der Waals surface area contributed by atoms with Gasteiger partial charge in [0.05, 0.1) is 12.7 Å². The van der Waals surface area contributed by atoms with Crippen LogP contribution in [-0.4, -0.2) is 24.1 Å². The molecule has 0 saturated carbocycles. The number of hydrogen-bond acceptors (Lipinski definition) is 6. The molecule has 0 aliphatic heterocycles. The number of benzene rings is 2. The number of anilines is 3. The van der Waals surface area contributed by atoms with Crippen LogP contribution in [0.3, 0.4) is 0 Å². The Morgan fingerprint density at radius 3 is 2.57 bits per heavy atom. The van der Waals surface area contributed by atoms with Gasteiger partial charge in [-0.3, -0.25) is 0 Å². The standard InChI is InChI=1S/C22H18N4O3S/c1-29-21(27)14-3-2-4-16(11-14)26-22(28)25-15-7-5-13(6-8-15)17-12-30-18-9-10-24-20(23)19(17)18/h2-12H,1H3,(H2,23,24)(H2,25,26,28). The molecule has 0 fully saturated rings. The van der Waals surface area contributed by atoms with Crippen molar-refractivity contribution in [2.24, 2.45) is 0 Å². The van der Waals surface area contributed by atoms with Crippen molar-refractivity contribution in [2.75, 3.05) is 23.5 Å². The molecule has 8 heteroatoms. The van der Waals surface area contributed by atoms with E-state index in [9.17, 15) is 9.59 Å². The van der Waals surface area contributed by atoms with Crippen molar-refractivity contribution in [1.82, 2.24) is 4.98 Å². The van der Waals surface area contributed by atoms with Gasteiger partial charge in [0.1, 0.15) is 5.82 Å². The molecule has 4 rings (SSSR count). The summed E-state index contributed by atoms with van der Waals surface area (Å²) in [5, 5.41) is 8.46. The van der Waals surface area contributed by atoms with Crippen LogP contribution in [0.5, 0.6) is 0 Å². The van der Waals surface area contributed by atoms with Crippen molar-refractivity contribution in [1.29, 1.82) is 0 Å². The molecule has 0 aliphatic carbocycles. The highest BCUT2D eigenvalue weighted by Gasteiger charge is 2.11. The number of esters is 1. The number of rotatable bonds is 4. The maximum atomic E-state index is 12.3. The van der Waals surface area contributed by atoms with E-state index >= 15 is 0 Å². The minimum atomic E-state index is -0.466. The third kappa shape index (κ3) is 3.94. The van der Waals surface area contributed by atoms with Gasteiger partial charge >= 0.3 is 12.0 Å². The lowest BCUT2D eigenvalue weighted by Crippen LogP contribution is -2.19. The van der Waals surface area contributed by atoms with Gasteiger partial charge in [-0.1, -0.05) is 18.2 Å². The number of carbonyl (C=O) groups is 2. The molecule has 4 N–H and O–H groups in total. The third-order valence-corrected chi connectivity index (χ3v) is 5.46. The number of aromatic nitrogens is 1. The Kier molecular flexibility index (Phi) is 5.32. The second kappa shape index (κ2) is 8.22. The Hall–Kier alpha value is -3.91. The zero-order valence-electron chi connectivity index (χ0n) is 16.0. The maximum absolute atomic E-state index is 12.3. The first-order chi connectivity index (χ1) is 14.5. The van der Waals surface area contributed by atoms with Gasteiger partial charge in [-0.05, 0) is 47.3 Å². The van der Waals surface area contributed by atoms with Crippen LogP contribution in [0.1, 0.15) is 10.4 Å². The second-order valence-corrected chi connectivity index (χ2v) is 7.36. The quantitative estimate of drug-likeness (QED) is 0.406. The summed E-state index contributed by atoms with van der Waals surface area (Å²) < 4.78 is 5.77. The number of methoxy groups -OCH3 is 1.